The first kappa shape index (κ1) is 11.7. The number of hydrogen-bond acceptors (Lipinski definition) is 1. The monoisotopic (exact) mass is 217 g/mol. The van der Waals surface area contributed by atoms with Crippen molar-refractivity contribution in [2.24, 2.45) is 11.3 Å². The molecule has 1 N–H and O–H groups in total. The highest BCUT2D eigenvalue weighted by molar-refractivity contribution is 5.29. The molecule has 1 saturated carbocycles. The van der Waals surface area contributed by atoms with Gasteiger partial charge >= 0.3 is 0 Å². The van der Waals surface area contributed by atoms with Crippen LogP contribution < -0.4 is 5.32 Å². The molecule has 0 aromatic heterocycles. The highest BCUT2D eigenvalue weighted by Gasteiger charge is 2.54. The molecule has 3 atom stereocenters. The summed E-state index contributed by atoms with van der Waals surface area (Å²) in [6.45, 7) is 7.08. The largest absolute Gasteiger partial charge is 0.316 e. The first-order valence-corrected chi connectivity index (χ1v) is 6.35. The third kappa shape index (κ3) is 1.58. The normalized spacial score (nSPS) is 32.1. The van der Waals surface area contributed by atoms with E-state index in [1.54, 1.807) is 0 Å². The van der Waals surface area contributed by atoms with Gasteiger partial charge in [0.15, 0.2) is 0 Å². The predicted molar refractivity (Wildman–Crippen MR) is 69.6 cm³/mol. The Balaban J connectivity index is 2.28. The van der Waals surface area contributed by atoms with Crippen molar-refractivity contribution < 1.29 is 0 Å². The molecule has 1 aliphatic rings. The van der Waals surface area contributed by atoms with Gasteiger partial charge in [0.1, 0.15) is 0 Å². The zero-order valence-electron chi connectivity index (χ0n) is 10.8. The van der Waals surface area contributed by atoms with Crippen LogP contribution in [0.2, 0.25) is 0 Å². The maximum Gasteiger partial charge on any atom is 0.0155 e. The van der Waals surface area contributed by atoms with Crippen LogP contribution in [-0.2, 0) is 0 Å². The van der Waals surface area contributed by atoms with Gasteiger partial charge in [0, 0.05) is 6.04 Å². The van der Waals surface area contributed by atoms with E-state index in [9.17, 15) is 0 Å². The standard InChI is InChI=1S/C15H23N/c1-5-12-13(11-9-7-6-8-10-11)15(2,3)14(12)16-4/h6-10,12-14,16H,5H2,1-4H3. The third-order valence-corrected chi connectivity index (χ3v) is 4.40. The van der Waals surface area contributed by atoms with Gasteiger partial charge in [0.25, 0.3) is 0 Å². The van der Waals surface area contributed by atoms with Gasteiger partial charge < -0.3 is 5.32 Å². The molecule has 1 heteroatoms. The van der Waals surface area contributed by atoms with Gasteiger partial charge in [-0.3, -0.25) is 0 Å². The van der Waals surface area contributed by atoms with Crippen molar-refractivity contribution in [2.75, 3.05) is 7.05 Å². The molecular weight excluding hydrogens is 194 g/mol. The van der Waals surface area contributed by atoms with Crippen molar-refractivity contribution in [1.82, 2.24) is 5.32 Å². The Morgan fingerprint density at radius 1 is 1.19 bits per heavy atom. The van der Waals surface area contributed by atoms with E-state index < -0.39 is 0 Å². The summed E-state index contributed by atoms with van der Waals surface area (Å²) in [5.74, 6) is 1.48. The second kappa shape index (κ2) is 4.21. The number of nitrogens with one attached hydrogen (secondary N) is 1. The Bertz CT molecular complexity index is 342. The van der Waals surface area contributed by atoms with Crippen molar-refractivity contribution in [3.63, 3.8) is 0 Å². The molecule has 1 aliphatic carbocycles. The SMILES string of the molecule is CCC1C(NC)C(C)(C)C1c1ccccc1. The quantitative estimate of drug-likeness (QED) is 0.818. The first-order chi connectivity index (χ1) is 7.62. The molecule has 1 nitrogen and oxygen atoms in total. The number of hydrogen-bond donors (Lipinski definition) is 1. The van der Waals surface area contributed by atoms with Crippen LogP contribution in [0.3, 0.4) is 0 Å². The van der Waals surface area contributed by atoms with Gasteiger partial charge in [0.05, 0.1) is 0 Å². The van der Waals surface area contributed by atoms with E-state index in [0.29, 0.717) is 17.4 Å². The lowest BCUT2D eigenvalue weighted by atomic mass is 9.49. The van der Waals surface area contributed by atoms with Crippen LogP contribution in [0.5, 0.6) is 0 Å². The van der Waals surface area contributed by atoms with Gasteiger partial charge in [-0.1, -0.05) is 57.5 Å². The second-order valence-electron chi connectivity index (χ2n) is 5.55. The zero-order chi connectivity index (χ0) is 11.8. The Morgan fingerprint density at radius 2 is 1.81 bits per heavy atom. The Labute approximate surface area is 99.3 Å². The Hall–Kier alpha value is -0.820. The van der Waals surface area contributed by atoms with E-state index >= 15 is 0 Å². The maximum absolute atomic E-state index is 3.49. The lowest BCUT2D eigenvalue weighted by molar-refractivity contribution is -0.00831. The van der Waals surface area contributed by atoms with E-state index in [4.69, 9.17) is 0 Å². The van der Waals surface area contributed by atoms with Gasteiger partial charge in [-0.2, -0.15) is 0 Å². The molecule has 16 heavy (non-hydrogen) atoms. The molecular formula is C15H23N. The second-order valence-corrected chi connectivity index (χ2v) is 5.55. The van der Waals surface area contributed by atoms with Crippen LogP contribution >= 0.6 is 0 Å². The van der Waals surface area contributed by atoms with Crippen LogP contribution in [0.4, 0.5) is 0 Å². The lowest BCUT2D eigenvalue weighted by Gasteiger charge is -2.59. The van der Waals surface area contributed by atoms with E-state index in [0.717, 1.165) is 5.92 Å². The summed E-state index contributed by atoms with van der Waals surface area (Å²) in [7, 11) is 2.09. The molecule has 0 heterocycles. The minimum absolute atomic E-state index is 0.372. The van der Waals surface area contributed by atoms with Crippen LogP contribution in [0.15, 0.2) is 30.3 Å². The van der Waals surface area contributed by atoms with Crippen LogP contribution in [0, 0.1) is 11.3 Å². The van der Waals surface area contributed by atoms with Gasteiger partial charge in [-0.25, -0.2) is 0 Å². The topological polar surface area (TPSA) is 12.0 Å². The molecule has 1 aromatic carbocycles. The molecule has 0 saturated heterocycles. The molecule has 1 fully saturated rings. The van der Waals surface area contributed by atoms with Crippen molar-refractivity contribution in [3.05, 3.63) is 35.9 Å². The molecule has 0 spiro atoms. The summed E-state index contributed by atoms with van der Waals surface area (Å²) in [5, 5.41) is 3.49. The van der Waals surface area contributed by atoms with Crippen molar-refractivity contribution in [2.45, 2.75) is 39.2 Å². The predicted octanol–water partition coefficient (Wildman–Crippen LogP) is 3.42. The summed E-state index contributed by atoms with van der Waals surface area (Å²) >= 11 is 0. The summed E-state index contributed by atoms with van der Waals surface area (Å²) in [6.07, 6.45) is 1.26. The number of benzene rings is 1. The lowest BCUT2D eigenvalue weighted by Crippen LogP contribution is -2.61. The van der Waals surface area contributed by atoms with E-state index in [2.05, 4.69) is 63.5 Å². The maximum atomic E-state index is 3.49. The molecule has 1 aromatic rings. The summed E-state index contributed by atoms with van der Waals surface area (Å²) in [4.78, 5) is 0. The molecule has 0 aliphatic heterocycles. The fourth-order valence-electron chi connectivity index (χ4n) is 3.77. The summed E-state index contributed by atoms with van der Waals surface area (Å²) in [5.41, 5.74) is 1.88. The molecule has 88 valence electrons. The summed E-state index contributed by atoms with van der Waals surface area (Å²) < 4.78 is 0. The zero-order valence-corrected chi connectivity index (χ0v) is 10.8. The van der Waals surface area contributed by atoms with Crippen molar-refractivity contribution in [1.29, 1.82) is 0 Å². The molecule has 3 unspecified atom stereocenters. The molecule has 0 amide bonds. The highest BCUT2D eigenvalue weighted by atomic mass is 14.9. The van der Waals surface area contributed by atoms with Gasteiger partial charge in [-0.15, -0.1) is 0 Å². The smallest absolute Gasteiger partial charge is 0.0155 e. The van der Waals surface area contributed by atoms with E-state index in [1.807, 2.05) is 0 Å². The van der Waals surface area contributed by atoms with Crippen LogP contribution in [0.25, 0.3) is 0 Å². The summed E-state index contributed by atoms with van der Waals surface area (Å²) in [6, 6.07) is 11.6. The average molecular weight is 217 g/mol. The minimum Gasteiger partial charge on any atom is -0.316 e. The Kier molecular flexibility index (Phi) is 3.07. The molecule has 2 rings (SSSR count). The fourth-order valence-corrected chi connectivity index (χ4v) is 3.77. The van der Waals surface area contributed by atoms with E-state index in [1.165, 1.54) is 12.0 Å². The highest BCUT2D eigenvalue weighted by Crippen LogP contribution is 2.57. The fraction of sp³-hybridized carbons (Fsp3) is 0.600. The van der Waals surface area contributed by atoms with Gasteiger partial charge in [0.2, 0.25) is 0 Å². The average Bonchev–Trinajstić information content (AvgIpc) is 2.28. The van der Waals surface area contributed by atoms with E-state index in [-0.39, 0.29) is 0 Å². The molecule has 0 bridgehead atoms. The van der Waals surface area contributed by atoms with Crippen LogP contribution in [-0.4, -0.2) is 13.1 Å². The Morgan fingerprint density at radius 3 is 2.31 bits per heavy atom. The first-order valence-electron chi connectivity index (χ1n) is 6.35. The minimum atomic E-state index is 0.372. The van der Waals surface area contributed by atoms with Crippen molar-refractivity contribution in [3.8, 4) is 0 Å². The third-order valence-electron chi connectivity index (χ3n) is 4.40. The number of rotatable bonds is 3. The van der Waals surface area contributed by atoms with Gasteiger partial charge in [-0.05, 0) is 29.9 Å². The van der Waals surface area contributed by atoms with Crippen molar-refractivity contribution >= 4 is 0 Å². The van der Waals surface area contributed by atoms with Crippen LogP contribution in [0.1, 0.15) is 38.7 Å². The molecule has 0 radical (unpaired) electrons.